The number of likely N-dealkylation sites (N-methyl/N-ethyl adjacent to an activating group) is 2. The fourth-order valence-electron chi connectivity index (χ4n) is 2.23. The van der Waals surface area contributed by atoms with Crippen LogP contribution in [-0.4, -0.2) is 67.6 Å². The number of nitrogens with zero attached hydrogens (tertiary/aromatic N) is 2. The quantitative estimate of drug-likeness (QED) is 0.658. The van der Waals surface area contributed by atoms with E-state index in [1.807, 2.05) is 6.92 Å². The number of hydrogen-bond acceptors (Lipinski definition) is 4. The maximum Gasteiger partial charge on any atom is 0.234 e. The van der Waals surface area contributed by atoms with Gasteiger partial charge in [-0.3, -0.25) is 4.79 Å². The lowest BCUT2D eigenvalue weighted by Gasteiger charge is -2.38. The first-order valence-electron chi connectivity index (χ1n) is 6.49. The normalized spacial score (nSPS) is 24.8. The van der Waals surface area contributed by atoms with Crippen LogP contribution in [0.3, 0.4) is 0 Å². The van der Waals surface area contributed by atoms with Gasteiger partial charge in [0.05, 0.1) is 6.04 Å². The van der Waals surface area contributed by atoms with Crippen molar-refractivity contribution in [2.75, 3.05) is 39.8 Å². The van der Waals surface area contributed by atoms with Gasteiger partial charge < -0.3 is 20.9 Å². The smallest absolute Gasteiger partial charge is 0.234 e. The highest BCUT2D eigenvalue weighted by molar-refractivity contribution is 5.79. The minimum absolute atomic E-state index is 0.185. The van der Waals surface area contributed by atoms with Gasteiger partial charge in [-0.05, 0) is 26.9 Å². The maximum absolute atomic E-state index is 11.2. The Bertz CT molecular complexity index is 247. The molecule has 1 heterocycles. The zero-order valence-corrected chi connectivity index (χ0v) is 11.3. The summed E-state index contributed by atoms with van der Waals surface area (Å²) < 4.78 is 0. The fourth-order valence-corrected chi connectivity index (χ4v) is 2.23. The summed E-state index contributed by atoms with van der Waals surface area (Å²) >= 11 is 0. The molecule has 1 aliphatic rings. The second kappa shape index (κ2) is 6.93. The van der Waals surface area contributed by atoms with E-state index < -0.39 is 0 Å². The first-order chi connectivity index (χ1) is 8.04. The van der Waals surface area contributed by atoms with E-state index >= 15 is 0 Å². The van der Waals surface area contributed by atoms with Crippen molar-refractivity contribution in [3.63, 3.8) is 0 Å². The van der Waals surface area contributed by atoms with E-state index in [2.05, 4.69) is 29.1 Å². The number of hydrogen-bond donors (Lipinski definition) is 2. The van der Waals surface area contributed by atoms with Crippen molar-refractivity contribution < 1.29 is 4.79 Å². The number of amides is 1. The van der Waals surface area contributed by atoms with Crippen molar-refractivity contribution in [2.24, 2.45) is 5.73 Å². The summed E-state index contributed by atoms with van der Waals surface area (Å²) in [6, 6.07) is 0.407. The van der Waals surface area contributed by atoms with E-state index in [-0.39, 0.29) is 11.9 Å². The predicted molar refractivity (Wildman–Crippen MR) is 69.8 cm³/mol. The Morgan fingerprint density at radius 3 is 2.76 bits per heavy atom. The fraction of sp³-hybridized carbons (Fsp3) is 0.917. The summed E-state index contributed by atoms with van der Waals surface area (Å²) in [6.07, 6.45) is 0.805. The molecule has 1 fully saturated rings. The number of nitrogens with two attached hydrogens (primary N) is 1. The van der Waals surface area contributed by atoms with Gasteiger partial charge in [-0.25, -0.2) is 0 Å². The van der Waals surface area contributed by atoms with Crippen molar-refractivity contribution in [1.82, 2.24) is 15.1 Å². The Kier molecular flexibility index (Phi) is 5.88. The van der Waals surface area contributed by atoms with Crippen LogP contribution in [0, 0.1) is 0 Å². The van der Waals surface area contributed by atoms with Gasteiger partial charge in [-0.2, -0.15) is 0 Å². The lowest BCUT2D eigenvalue weighted by atomic mass is 10.1. The minimum Gasteiger partial charge on any atom is -0.368 e. The Morgan fingerprint density at radius 2 is 2.24 bits per heavy atom. The van der Waals surface area contributed by atoms with Crippen LogP contribution in [0.4, 0.5) is 0 Å². The van der Waals surface area contributed by atoms with Crippen LogP contribution < -0.4 is 11.1 Å². The van der Waals surface area contributed by atoms with E-state index in [0.717, 1.165) is 39.1 Å². The third-order valence-corrected chi connectivity index (χ3v) is 3.57. The van der Waals surface area contributed by atoms with Crippen molar-refractivity contribution in [3.05, 3.63) is 0 Å². The molecular weight excluding hydrogens is 216 g/mol. The summed E-state index contributed by atoms with van der Waals surface area (Å²) in [5, 5.41) is 3.13. The summed E-state index contributed by atoms with van der Waals surface area (Å²) in [5.41, 5.74) is 5.36. The average Bonchev–Trinajstić information content (AvgIpc) is 2.28. The summed E-state index contributed by atoms with van der Waals surface area (Å²) in [6.45, 7) is 9.22. The van der Waals surface area contributed by atoms with Crippen molar-refractivity contribution in [1.29, 1.82) is 0 Å². The molecule has 0 aromatic heterocycles. The molecule has 0 aromatic rings. The molecule has 3 N–H and O–H groups in total. The molecule has 1 rings (SSSR count). The Morgan fingerprint density at radius 1 is 1.53 bits per heavy atom. The van der Waals surface area contributed by atoms with Crippen LogP contribution in [-0.2, 0) is 4.79 Å². The molecular formula is C12H26N4O. The van der Waals surface area contributed by atoms with Crippen LogP contribution in [0.25, 0.3) is 0 Å². The average molecular weight is 242 g/mol. The van der Waals surface area contributed by atoms with Gasteiger partial charge in [0, 0.05) is 32.2 Å². The Labute approximate surface area is 104 Å². The monoisotopic (exact) mass is 242 g/mol. The van der Waals surface area contributed by atoms with Gasteiger partial charge in [-0.1, -0.05) is 6.92 Å². The molecule has 0 saturated carbocycles. The van der Waals surface area contributed by atoms with Crippen molar-refractivity contribution in [2.45, 2.75) is 32.4 Å². The van der Waals surface area contributed by atoms with Gasteiger partial charge in [0.1, 0.15) is 0 Å². The topological polar surface area (TPSA) is 61.6 Å². The van der Waals surface area contributed by atoms with Crippen LogP contribution >= 0.6 is 0 Å². The minimum atomic E-state index is -0.242. The van der Waals surface area contributed by atoms with Crippen LogP contribution in [0.5, 0.6) is 0 Å². The van der Waals surface area contributed by atoms with Crippen LogP contribution in [0.2, 0.25) is 0 Å². The zero-order valence-electron chi connectivity index (χ0n) is 11.3. The number of rotatable bonds is 6. The van der Waals surface area contributed by atoms with Gasteiger partial charge in [-0.15, -0.1) is 0 Å². The number of nitrogens with one attached hydrogen (secondary N) is 1. The molecule has 17 heavy (non-hydrogen) atoms. The molecule has 0 aromatic carbocycles. The number of piperazine rings is 1. The lowest BCUT2D eigenvalue weighted by molar-refractivity contribution is -0.120. The van der Waals surface area contributed by atoms with Gasteiger partial charge in [0.25, 0.3) is 0 Å². The van der Waals surface area contributed by atoms with Crippen molar-refractivity contribution in [3.8, 4) is 0 Å². The standard InChI is InChI=1S/C12H26N4O/c1-4-14-11(12(13)17)5-6-16-8-7-15(3)10(2)9-16/h10-11,14H,4-9H2,1-3H3,(H2,13,17). The maximum atomic E-state index is 11.2. The van der Waals surface area contributed by atoms with E-state index in [1.54, 1.807) is 0 Å². The number of primary amides is 1. The second-order valence-corrected chi connectivity index (χ2v) is 4.93. The first kappa shape index (κ1) is 14.4. The highest BCUT2D eigenvalue weighted by Crippen LogP contribution is 2.08. The summed E-state index contributed by atoms with van der Waals surface area (Å²) in [7, 11) is 2.16. The molecule has 2 unspecified atom stereocenters. The predicted octanol–water partition coefficient (Wildman–Crippen LogP) is -0.524. The highest BCUT2D eigenvalue weighted by atomic mass is 16.1. The molecule has 5 nitrogen and oxygen atoms in total. The molecule has 1 saturated heterocycles. The zero-order chi connectivity index (χ0) is 12.8. The molecule has 1 aliphatic heterocycles. The third-order valence-electron chi connectivity index (χ3n) is 3.57. The third kappa shape index (κ3) is 4.61. The molecule has 0 radical (unpaired) electrons. The molecule has 0 aliphatic carbocycles. The molecule has 0 bridgehead atoms. The lowest BCUT2D eigenvalue weighted by Crippen LogP contribution is -2.51. The molecule has 0 spiro atoms. The number of carbonyl (C=O) groups is 1. The van der Waals surface area contributed by atoms with E-state index in [4.69, 9.17) is 5.73 Å². The summed E-state index contributed by atoms with van der Waals surface area (Å²) in [4.78, 5) is 16.0. The van der Waals surface area contributed by atoms with Gasteiger partial charge in [0.2, 0.25) is 5.91 Å². The first-order valence-corrected chi connectivity index (χ1v) is 6.49. The molecule has 1 amide bonds. The molecule has 5 heteroatoms. The highest BCUT2D eigenvalue weighted by Gasteiger charge is 2.22. The second-order valence-electron chi connectivity index (χ2n) is 4.93. The molecule has 2 atom stereocenters. The van der Waals surface area contributed by atoms with E-state index in [0.29, 0.717) is 6.04 Å². The van der Waals surface area contributed by atoms with Gasteiger partial charge >= 0.3 is 0 Å². The Hall–Kier alpha value is -0.650. The summed E-state index contributed by atoms with van der Waals surface area (Å²) in [5.74, 6) is -0.242. The van der Waals surface area contributed by atoms with E-state index in [9.17, 15) is 4.79 Å². The largest absolute Gasteiger partial charge is 0.368 e. The number of carbonyl (C=O) groups excluding carboxylic acids is 1. The van der Waals surface area contributed by atoms with Crippen LogP contribution in [0.15, 0.2) is 0 Å². The molecule has 100 valence electrons. The SMILES string of the molecule is CCNC(CCN1CCN(C)C(C)C1)C(N)=O. The van der Waals surface area contributed by atoms with Crippen LogP contribution in [0.1, 0.15) is 20.3 Å². The van der Waals surface area contributed by atoms with E-state index in [1.165, 1.54) is 0 Å². The van der Waals surface area contributed by atoms with Crippen molar-refractivity contribution >= 4 is 5.91 Å². The van der Waals surface area contributed by atoms with Gasteiger partial charge in [0.15, 0.2) is 0 Å². The Balaban J connectivity index is 2.31.